The Morgan fingerprint density at radius 2 is 2.16 bits per heavy atom. The predicted octanol–water partition coefficient (Wildman–Crippen LogP) is 3.43. The van der Waals surface area contributed by atoms with Crippen molar-refractivity contribution in [1.82, 2.24) is 4.90 Å². The number of anilines is 1. The van der Waals surface area contributed by atoms with Gasteiger partial charge in [0.2, 0.25) is 0 Å². The Hall–Kier alpha value is -1.27. The average molecular weight is 350 g/mol. The lowest BCUT2D eigenvalue weighted by Gasteiger charge is -2.18. The number of rotatable bonds is 5. The third-order valence-corrected chi connectivity index (χ3v) is 3.33. The second-order valence-corrected chi connectivity index (χ2v) is 5.26. The van der Waals surface area contributed by atoms with Gasteiger partial charge >= 0.3 is 12.0 Å². The number of nitrogens with one attached hydrogen (secondary N) is 1. The normalized spacial score (nSPS) is 10.1. The predicted molar refractivity (Wildman–Crippen MR) is 77.7 cm³/mol. The van der Waals surface area contributed by atoms with Crippen molar-refractivity contribution in [2.24, 2.45) is 0 Å². The third-order valence-electron chi connectivity index (χ3n) is 2.40. The van der Waals surface area contributed by atoms with Crippen molar-refractivity contribution in [3.63, 3.8) is 0 Å². The van der Waals surface area contributed by atoms with Gasteiger partial charge in [-0.2, -0.15) is 0 Å². The zero-order valence-corrected chi connectivity index (χ0v) is 12.7. The molecular formula is C12H14BrClN2O3. The standard InChI is InChI=1S/C12H14BrClN2O3/c1-16(6-2-3-11(17)18)12(19)15-10-7-8(14)4-5-9(10)13/h4-5,7H,2-3,6H2,1H3,(H,15,19)(H,17,18). The molecule has 7 heteroatoms. The molecule has 1 aromatic carbocycles. The van der Waals surface area contributed by atoms with E-state index in [1.807, 2.05) is 0 Å². The molecule has 2 amide bonds. The molecule has 1 rings (SSSR count). The van der Waals surface area contributed by atoms with Gasteiger partial charge in [-0.05, 0) is 40.5 Å². The zero-order valence-electron chi connectivity index (χ0n) is 10.3. The Balaban J connectivity index is 2.54. The summed E-state index contributed by atoms with van der Waals surface area (Å²) in [5.74, 6) is -0.869. The number of aliphatic carboxylic acids is 1. The molecule has 0 fully saturated rings. The van der Waals surface area contributed by atoms with Crippen molar-refractivity contribution in [2.75, 3.05) is 18.9 Å². The first-order valence-corrected chi connectivity index (χ1v) is 6.76. The van der Waals surface area contributed by atoms with Crippen molar-refractivity contribution in [3.05, 3.63) is 27.7 Å². The van der Waals surface area contributed by atoms with Gasteiger partial charge in [-0.15, -0.1) is 0 Å². The van der Waals surface area contributed by atoms with Gasteiger partial charge in [0.05, 0.1) is 5.69 Å². The van der Waals surface area contributed by atoms with Gasteiger partial charge in [0.1, 0.15) is 0 Å². The van der Waals surface area contributed by atoms with E-state index >= 15 is 0 Å². The maximum Gasteiger partial charge on any atom is 0.321 e. The SMILES string of the molecule is CN(CCCC(=O)O)C(=O)Nc1cc(Cl)ccc1Br. The first-order chi connectivity index (χ1) is 8.90. The summed E-state index contributed by atoms with van der Waals surface area (Å²) in [5, 5.41) is 11.7. The minimum atomic E-state index is -0.869. The molecular weight excluding hydrogens is 335 g/mol. The minimum Gasteiger partial charge on any atom is -0.481 e. The number of hydrogen-bond acceptors (Lipinski definition) is 2. The highest BCUT2D eigenvalue weighted by molar-refractivity contribution is 9.10. The van der Waals surface area contributed by atoms with Gasteiger partial charge in [-0.25, -0.2) is 4.79 Å². The maximum atomic E-state index is 11.9. The summed E-state index contributed by atoms with van der Waals surface area (Å²) < 4.78 is 0.726. The highest BCUT2D eigenvalue weighted by Gasteiger charge is 2.11. The lowest BCUT2D eigenvalue weighted by atomic mass is 10.3. The van der Waals surface area contributed by atoms with Crippen LogP contribution in [-0.2, 0) is 4.79 Å². The van der Waals surface area contributed by atoms with E-state index in [4.69, 9.17) is 16.7 Å². The molecule has 0 heterocycles. The van der Waals surface area contributed by atoms with Gasteiger partial charge < -0.3 is 15.3 Å². The minimum absolute atomic E-state index is 0.0402. The van der Waals surface area contributed by atoms with Crippen LogP contribution in [0.25, 0.3) is 0 Å². The Labute approximate surface area is 124 Å². The van der Waals surface area contributed by atoms with Crippen LogP contribution in [0.1, 0.15) is 12.8 Å². The highest BCUT2D eigenvalue weighted by atomic mass is 79.9. The first kappa shape index (κ1) is 15.8. The number of carboxylic acid groups (broad SMARTS) is 1. The van der Waals surface area contributed by atoms with E-state index in [1.54, 1.807) is 25.2 Å². The molecule has 5 nitrogen and oxygen atoms in total. The molecule has 0 aliphatic rings. The van der Waals surface area contributed by atoms with E-state index in [2.05, 4.69) is 21.2 Å². The maximum absolute atomic E-state index is 11.9. The Kier molecular flexibility index (Phi) is 6.11. The number of urea groups is 1. The Morgan fingerprint density at radius 3 is 2.79 bits per heavy atom. The van der Waals surface area contributed by atoms with Crippen molar-refractivity contribution < 1.29 is 14.7 Å². The van der Waals surface area contributed by atoms with Crippen molar-refractivity contribution in [1.29, 1.82) is 0 Å². The Bertz CT molecular complexity index is 482. The smallest absolute Gasteiger partial charge is 0.321 e. The summed E-state index contributed by atoms with van der Waals surface area (Å²) in [7, 11) is 1.61. The second-order valence-electron chi connectivity index (χ2n) is 3.97. The average Bonchev–Trinajstić information content (AvgIpc) is 2.33. The number of carboxylic acids is 1. The van der Waals surface area contributed by atoms with Crippen molar-refractivity contribution in [2.45, 2.75) is 12.8 Å². The van der Waals surface area contributed by atoms with Gasteiger partial charge in [-0.1, -0.05) is 11.6 Å². The highest BCUT2D eigenvalue weighted by Crippen LogP contribution is 2.26. The molecule has 1 aromatic rings. The number of carbonyl (C=O) groups is 2. The number of halogens is 2. The van der Waals surface area contributed by atoms with E-state index in [0.29, 0.717) is 23.7 Å². The molecule has 104 valence electrons. The van der Waals surface area contributed by atoms with Crippen LogP contribution >= 0.6 is 27.5 Å². The van der Waals surface area contributed by atoms with Gasteiger partial charge in [0.15, 0.2) is 0 Å². The van der Waals surface area contributed by atoms with Crippen LogP contribution in [-0.4, -0.2) is 35.6 Å². The van der Waals surface area contributed by atoms with E-state index in [0.717, 1.165) is 4.47 Å². The number of nitrogens with zero attached hydrogens (tertiary/aromatic N) is 1. The molecule has 0 aliphatic heterocycles. The third kappa shape index (κ3) is 5.48. The van der Waals surface area contributed by atoms with Crippen LogP contribution in [0.4, 0.5) is 10.5 Å². The largest absolute Gasteiger partial charge is 0.481 e. The lowest BCUT2D eigenvalue weighted by molar-refractivity contribution is -0.137. The van der Waals surface area contributed by atoms with Crippen LogP contribution in [0.15, 0.2) is 22.7 Å². The second kappa shape index (κ2) is 7.35. The number of hydrogen-bond donors (Lipinski definition) is 2. The molecule has 0 spiro atoms. The van der Waals surface area contributed by atoms with Crippen LogP contribution in [0, 0.1) is 0 Å². The van der Waals surface area contributed by atoms with Crippen molar-refractivity contribution >= 4 is 45.2 Å². The number of benzene rings is 1. The quantitative estimate of drug-likeness (QED) is 0.855. The molecule has 0 saturated heterocycles. The molecule has 0 atom stereocenters. The summed E-state index contributed by atoms with van der Waals surface area (Å²) in [5.41, 5.74) is 0.572. The number of carbonyl (C=O) groups excluding carboxylic acids is 1. The van der Waals surface area contributed by atoms with Gasteiger partial charge in [-0.3, -0.25) is 4.79 Å². The fourth-order valence-corrected chi connectivity index (χ4v) is 1.89. The van der Waals surface area contributed by atoms with E-state index in [1.165, 1.54) is 4.90 Å². The van der Waals surface area contributed by atoms with E-state index in [9.17, 15) is 9.59 Å². The summed E-state index contributed by atoms with van der Waals surface area (Å²) >= 11 is 9.16. The lowest BCUT2D eigenvalue weighted by Crippen LogP contribution is -2.32. The van der Waals surface area contributed by atoms with Crippen LogP contribution in [0.3, 0.4) is 0 Å². The molecule has 0 unspecified atom stereocenters. The van der Waals surface area contributed by atoms with Crippen molar-refractivity contribution in [3.8, 4) is 0 Å². The molecule has 0 saturated carbocycles. The zero-order chi connectivity index (χ0) is 14.4. The van der Waals surface area contributed by atoms with E-state index < -0.39 is 5.97 Å². The monoisotopic (exact) mass is 348 g/mol. The van der Waals surface area contributed by atoms with Gasteiger partial charge in [0, 0.05) is 29.5 Å². The number of amides is 2. The van der Waals surface area contributed by atoms with Crippen LogP contribution in [0.5, 0.6) is 0 Å². The molecule has 0 radical (unpaired) electrons. The van der Waals surface area contributed by atoms with E-state index in [-0.39, 0.29) is 12.5 Å². The van der Waals surface area contributed by atoms with Gasteiger partial charge in [0.25, 0.3) is 0 Å². The molecule has 19 heavy (non-hydrogen) atoms. The summed E-state index contributed by atoms with van der Waals surface area (Å²) in [6.07, 6.45) is 0.453. The molecule has 0 bridgehead atoms. The molecule has 2 N–H and O–H groups in total. The van der Waals surface area contributed by atoms with Crippen LogP contribution < -0.4 is 5.32 Å². The topological polar surface area (TPSA) is 69.6 Å². The molecule has 0 aliphatic carbocycles. The first-order valence-electron chi connectivity index (χ1n) is 5.59. The summed E-state index contributed by atoms with van der Waals surface area (Å²) in [4.78, 5) is 23.7. The van der Waals surface area contributed by atoms with Crippen LogP contribution in [0.2, 0.25) is 5.02 Å². The fourth-order valence-electron chi connectivity index (χ4n) is 1.37. The summed E-state index contributed by atoms with van der Waals surface area (Å²) in [6.45, 7) is 0.371. The summed E-state index contributed by atoms with van der Waals surface area (Å²) in [6, 6.07) is 4.77. The Morgan fingerprint density at radius 1 is 1.47 bits per heavy atom. The fraction of sp³-hybridized carbons (Fsp3) is 0.333. The molecule has 0 aromatic heterocycles.